The first-order chi connectivity index (χ1) is 17.5. The number of nitrogens with zero attached hydrogens (tertiary/aromatic N) is 2. The molecule has 0 bridgehead atoms. The zero-order chi connectivity index (χ0) is 27.2. The highest BCUT2D eigenvalue weighted by Crippen LogP contribution is 2.29. The second kappa shape index (κ2) is 13.0. The maximum atomic E-state index is 13.8. The Kier molecular flexibility index (Phi) is 10.3. The van der Waals surface area contributed by atoms with Crippen LogP contribution in [0.15, 0.2) is 42.5 Å². The first kappa shape index (κ1) is 29.3. The molecule has 1 aliphatic rings. The number of halogens is 2. The van der Waals surface area contributed by atoms with E-state index in [1.807, 2.05) is 38.1 Å². The van der Waals surface area contributed by atoms with Crippen molar-refractivity contribution in [3.63, 3.8) is 0 Å². The minimum atomic E-state index is -3.85. The Bertz CT molecular complexity index is 1220. The van der Waals surface area contributed by atoms with E-state index in [0.717, 1.165) is 53.8 Å². The Morgan fingerprint density at radius 1 is 1.05 bits per heavy atom. The number of sulfonamides is 1. The molecule has 0 heterocycles. The molecule has 37 heavy (non-hydrogen) atoms. The maximum Gasteiger partial charge on any atom is 0.244 e. The van der Waals surface area contributed by atoms with E-state index >= 15 is 0 Å². The van der Waals surface area contributed by atoms with Crippen molar-refractivity contribution in [2.75, 3.05) is 17.1 Å². The van der Waals surface area contributed by atoms with Gasteiger partial charge in [0, 0.05) is 12.6 Å². The summed E-state index contributed by atoms with van der Waals surface area (Å²) < 4.78 is 26.5. The summed E-state index contributed by atoms with van der Waals surface area (Å²) in [6, 6.07) is 11.4. The van der Waals surface area contributed by atoms with Gasteiger partial charge in [-0.2, -0.15) is 0 Å². The van der Waals surface area contributed by atoms with Crippen molar-refractivity contribution in [3.05, 3.63) is 63.6 Å². The third kappa shape index (κ3) is 7.85. The average Bonchev–Trinajstić information content (AvgIpc) is 2.85. The molecule has 1 unspecified atom stereocenters. The molecule has 0 radical (unpaired) electrons. The van der Waals surface area contributed by atoms with E-state index in [9.17, 15) is 18.0 Å². The minimum absolute atomic E-state index is 0.0921. The zero-order valence-corrected chi connectivity index (χ0v) is 23.9. The predicted molar refractivity (Wildman–Crippen MR) is 149 cm³/mol. The molecule has 2 aromatic carbocycles. The Balaban J connectivity index is 1.93. The van der Waals surface area contributed by atoms with Crippen molar-refractivity contribution in [2.24, 2.45) is 0 Å². The molecule has 2 amide bonds. The van der Waals surface area contributed by atoms with Crippen molar-refractivity contribution < 1.29 is 18.0 Å². The Labute approximate surface area is 230 Å². The summed E-state index contributed by atoms with van der Waals surface area (Å²) in [4.78, 5) is 28.7. The summed E-state index contributed by atoms with van der Waals surface area (Å²) in [6.45, 7) is 3.51. The smallest absolute Gasteiger partial charge is 0.244 e. The lowest BCUT2D eigenvalue weighted by Crippen LogP contribution is -2.54. The fraction of sp³-hybridized carbons (Fsp3) is 0.481. The summed E-state index contributed by atoms with van der Waals surface area (Å²) in [5, 5.41) is 3.59. The highest BCUT2D eigenvalue weighted by Gasteiger charge is 2.33. The molecule has 1 aliphatic carbocycles. The Morgan fingerprint density at radius 2 is 1.73 bits per heavy atom. The highest BCUT2D eigenvalue weighted by atomic mass is 35.5. The molecular formula is C27H35Cl2N3O4S. The van der Waals surface area contributed by atoms with Gasteiger partial charge in [0.25, 0.3) is 0 Å². The summed E-state index contributed by atoms with van der Waals surface area (Å²) >= 11 is 12.2. The first-order valence-corrected chi connectivity index (χ1v) is 15.2. The number of hydrogen-bond donors (Lipinski definition) is 1. The van der Waals surface area contributed by atoms with Gasteiger partial charge in [0.2, 0.25) is 21.8 Å². The molecule has 7 nitrogen and oxygen atoms in total. The molecule has 0 saturated heterocycles. The van der Waals surface area contributed by atoms with Crippen LogP contribution in [-0.4, -0.2) is 50.0 Å². The lowest BCUT2D eigenvalue weighted by Gasteiger charge is -2.34. The fourth-order valence-electron chi connectivity index (χ4n) is 4.69. The van der Waals surface area contributed by atoms with Gasteiger partial charge >= 0.3 is 0 Å². The van der Waals surface area contributed by atoms with Crippen LogP contribution in [0.5, 0.6) is 0 Å². The lowest BCUT2D eigenvalue weighted by atomic mass is 9.95. The molecule has 0 aliphatic heterocycles. The number of nitrogens with one attached hydrogen (secondary N) is 1. The van der Waals surface area contributed by atoms with Crippen LogP contribution in [0.25, 0.3) is 0 Å². The summed E-state index contributed by atoms with van der Waals surface area (Å²) in [5.74, 6) is -0.692. The van der Waals surface area contributed by atoms with E-state index in [1.54, 1.807) is 0 Å². The van der Waals surface area contributed by atoms with Gasteiger partial charge < -0.3 is 10.2 Å². The highest BCUT2D eigenvalue weighted by molar-refractivity contribution is 7.92. The molecule has 202 valence electrons. The number of hydrogen-bond acceptors (Lipinski definition) is 4. The predicted octanol–water partition coefficient (Wildman–Crippen LogP) is 5.32. The number of carbonyl (C=O) groups excluding carboxylic acids is 2. The fourth-order valence-corrected chi connectivity index (χ4v) is 5.82. The number of anilines is 1. The first-order valence-electron chi connectivity index (χ1n) is 12.6. The Hall–Kier alpha value is -2.29. The van der Waals surface area contributed by atoms with Gasteiger partial charge in [-0.3, -0.25) is 13.9 Å². The van der Waals surface area contributed by atoms with E-state index in [-0.39, 0.29) is 34.2 Å². The van der Waals surface area contributed by atoms with Gasteiger partial charge in [-0.15, -0.1) is 0 Å². The van der Waals surface area contributed by atoms with E-state index in [0.29, 0.717) is 6.42 Å². The SMILES string of the molecule is CCC(C(=O)NC1CCCCC1)N(Cc1ccccc1C)C(=O)CN(c1ccc(Cl)c(Cl)c1)S(C)(=O)=O. The van der Waals surface area contributed by atoms with Crippen molar-refractivity contribution in [3.8, 4) is 0 Å². The molecule has 1 saturated carbocycles. The van der Waals surface area contributed by atoms with E-state index < -0.39 is 28.5 Å². The molecular weight excluding hydrogens is 533 g/mol. The summed E-state index contributed by atoms with van der Waals surface area (Å²) in [5.41, 5.74) is 2.09. The van der Waals surface area contributed by atoms with Crippen LogP contribution in [0, 0.1) is 6.92 Å². The van der Waals surface area contributed by atoms with Crippen LogP contribution in [0.1, 0.15) is 56.6 Å². The van der Waals surface area contributed by atoms with Crippen molar-refractivity contribution in [1.82, 2.24) is 10.2 Å². The van der Waals surface area contributed by atoms with Gasteiger partial charge in [-0.25, -0.2) is 8.42 Å². The van der Waals surface area contributed by atoms with E-state index in [1.165, 1.54) is 23.1 Å². The number of carbonyl (C=O) groups is 2. The summed E-state index contributed by atoms with van der Waals surface area (Å²) in [6.07, 6.45) is 6.57. The van der Waals surface area contributed by atoms with Crippen molar-refractivity contribution in [2.45, 2.75) is 71.0 Å². The standard InChI is InChI=1S/C27H35Cl2N3O4S/c1-4-25(27(34)30-21-12-6-5-7-13-21)31(17-20-11-9-8-10-19(20)2)26(33)18-32(37(3,35)36)22-14-15-23(28)24(29)16-22/h8-11,14-16,21,25H,4-7,12-13,17-18H2,1-3H3,(H,30,34). The number of amides is 2. The van der Waals surface area contributed by atoms with Gasteiger partial charge in [-0.05, 0) is 55.5 Å². The summed E-state index contributed by atoms with van der Waals surface area (Å²) in [7, 11) is -3.85. The van der Waals surface area contributed by atoms with E-state index in [4.69, 9.17) is 23.2 Å². The zero-order valence-electron chi connectivity index (χ0n) is 21.5. The number of benzene rings is 2. The van der Waals surface area contributed by atoms with Crippen LogP contribution in [0.2, 0.25) is 10.0 Å². The normalized spacial score (nSPS) is 15.2. The van der Waals surface area contributed by atoms with Crippen molar-refractivity contribution in [1.29, 1.82) is 0 Å². The molecule has 1 fully saturated rings. The minimum Gasteiger partial charge on any atom is -0.352 e. The third-order valence-corrected chi connectivity index (χ3v) is 8.69. The lowest BCUT2D eigenvalue weighted by molar-refractivity contribution is -0.140. The molecule has 0 spiro atoms. The van der Waals surface area contributed by atoms with Gasteiger partial charge in [0.15, 0.2) is 0 Å². The maximum absolute atomic E-state index is 13.8. The molecule has 2 aromatic rings. The number of rotatable bonds is 10. The molecule has 3 rings (SSSR count). The quantitative estimate of drug-likeness (QED) is 0.420. The van der Waals surface area contributed by atoms with Gasteiger partial charge in [0.05, 0.1) is 22.0 Å². The second-order valence-corrected chi connectivity index (χ2v) is 12.3. The van der Waals surface area contributed by atoms with Crippen LogP contribution in [0.3, 0.4) is 0 Å². The van der Waals surface area contributed by atoms with E-state index in [2.05, 4.69) is 5.32 Å². The van der Waals surface area contributed by atoms with Gasteiger partial charge in [-0.1, -0.05) is 73.7 Å². The van der Waals surface area contributed by atoms with Crippen molar-refractivity contribution >= 4 is 50.7 Å². The molecule has 0 aromatic heterocycles. The number of aryl methyl sites for hydroxylation is 1. The van der Waals surface area contributed by atoms with Crippen LogP contribution in [-0.2, 0) is 26.2 Å². The van der Waals surface area contributed by atoms with Gasteiger partial charge in [0.1, 0.15) is 12.6 Å². The largest absolute Gasteiger partial charge is 0.352 e. The topological polar surface area (TPSA) is 86.8 Å². The Morgan fingerprint density at radius 3 is 2.32 bits per heavy atom. The van der Waals surface area contributed by atoms with Crippen LogP contribution < -0.4 is 9.62 Å². The monoisotopic (exact) mass is 567 g/mol. The molecule has 1 atom stereocenters. The average molecular weight is 569 g/mol. The molecule has 1 N–H and O–H groups in total. The van der Waals surface area contributed by atoms with Crippen LogP contribution >= 0.6 is 23.2 Å². The second-order valence-electron chi connectivity index (χ2n) is 9.58. The third-order valence-electron chi connectivity index (χ3n) is 6.81. The molecule has 10 heteroatoms. The van der Waals surface area contributed by atoms with Crippen LogP contribution in [0.4, 0.5) is 5.69 Å².